The van der Waals surface area contributed by atoms with Crippen LogP contribution in [-0.4, -0.2) is 16.4 Å². The van der Waals surface area contributed by atoms with Gasteiger partial charge in [0.05, 0.1) is 11.9 Å². The van der Waals surface area contributed by atoms with E-state index in [1.54, 1.807) is 6.20 Å². The van der Waals surface area contributed by atoms with Gasteiger partial charge in [-0.3, -0.25) is 4.79 Å². The summed E-state index contributed by atoms with van der Waals surface area (Å²) in [7, 11) is 0. The van der Waals surface area contributed by atoms with Crippen LogP contribution in [0.5, 0.6) is 0 Å². The lowest BCUT2D eigenvalue weighted by atomic mass is 10.1. The van der Waals surface area contributed by atoms with Crippen LogP contribution in [0.1, 0.15) is 0 Å². The van der Waals surface area contributed by atoms with Crippen molar-refractivity contribution >= 4 is 23.1 Å². The normalized spacial score (nSPS) is 10.4. The Morgan fingerprint density at radius 1 is 1.17 bits per heavy atom. The van der Waals surface area contributed by atoms with E-state index in [1.165, 1.54) is 0 Å². The highest BCUT2D eigenvalue weighted by Gasteiger charge is 2.04. The molecule has 0 unspecified atom stereocenters. The minimum Gasteiger partial charge on any atom is -0.339 e. The van der Waals surface area contributed by atoms with Crippen molar-refractivity contribution < 1.29 is 4.79 Å². The lowest BCUT2D eigenvalue weighted by Gasteiger charge is -1.96. The van der Waals surface area contributed by atoms with Crippen LogP contribution in [0.2, 0.25) is 0 Å². The predicted octanol–water partition coefficient (Wildman–Crippen LogP) is 2.80. The van der Waals surface area contributed by atoms with Crippen LogP contribution >= 0.6 is 0 Å². The minimum atomic E-state index is 0.646. The highest BCUT2D eigenvalue weighted by molar-refractivity contribution is 5.87. The molecule has 0 aliphatic heterocycles. The Hall–Kier alpha value is -2.62. The molecule has 0 atom stereocenters. The third-order valence-electron chi connectivity index (χ3n) is 2.78. The first-order valence-corrected chi connectivity index (χ1v) is 5.61. The summed E-state index contributed by atoms with van der Waals surface area (Å²) >= 11 is 0. The Morgan fingerprint density at radius 3 is 2.78 bits per heavy atom. The third-order valence-corrected chi connectivity index (χ3v) is 2.78. The quantitative estimate of drug-likeness (QED) is 0.688. The Labute approximate surface area is 104 Å². The molecule has 2 aromatic heterocycles. The largest absolute Gasteiger partial charge is 0.339 e. The summed E-state index contributed by atoms with van der Waals surface area (Å²) < 4.78 is 0. The number of hydrogen-bond donors (Lipinski definition) is 2. The second kappa shape index (κ2) is 4.33. The van der Waals surface area contributed by atoms with Crippen LogP contribution in [0.25, 0.3) is 22.3 Å². The molecule has 0 fully saturated rings. The van der Waals surface area contributed by atoms with Crippen molar-refractivity contribution in [2.45, 2.75) is 0 Å². The number of pyridine rings is 1. The average Bonchev–Trinajstić information content (AvgIpc) is 2.83. The topological polar surface area (TPSA) is 57.8 Å². The molecule has 3 rings (SSSR count). The number of aromatic amines is 1. The van der Waals surface area contributed by atoms with E-state index in [2.05, 4.69) is 15.3 Å². The summed E-state index contributed by atoms with van der Waals surface area (Å²) in [6.45, 7) is 0. The average molecular weight is 237 g/mol. The minimum absolute atomic E-state index is 0.646. The molecule has 0 aliphatic rings. The molecule has 0 bridgehead atoms. The number of nitrogens with one attached hydrogen (secondary N) is 2. The van der Waals surface area contributed by atoms with Gasteiger partial charge in [-0.15, -0.1) is 0 Å². The van der Waals surface area contributed by atoms with E-state index in [4.69, 9.17) is 0 Å². The molecule has 0 saturated carbocycles. The van der Waals surface area contributed by atoms with E-state index in [1.807, 2.05) is 42.5 Å². The van der Waals surface area contributed by atoms with E-state index in [0.29, 0.717) is 12.1 Å². The first kappa shape index (κ1) is 10.5. The third kappa shape index (κ3) is 1.84. The number of carbonyl (C=O) groups is 1. The molecule has 2 N–H and O–H groups in total. The van der Waals surface area contributed by atoms with Gasteiger partial charge in [-0.25, -0.2) is 4.98 Å². The number of hydrogen-bond acceptors (Lipinski definition) is 2. The van der Waals surface area contributed by atoms with Crippen molar-refractivity contribution in [3.8, 4) is 11.3 Å². The van der Waals surface area contributed by atoms with E-state index < -0.39 is 0 Å². The van der Waals surface area contributed by atoms with Crippen molar-refractivity contribution in [3.05, 3.63) is 48.7 Å². The van der Waals surface area contributed by atoms with Crippen LogP contribution in [-0.2, 0) is 4.79 Å². The molecular formula is C14H11N3O. The number of aromatic nitrogens is 2. The van der Waals surface area contributed by atoms with Gasteiger partial charge >= 0.3 is 0 Å². The van der Waals surface area contributed by atoms with Crippen LogP contribution in [0.15, 0.2) is 48.7 Å². The molecule has 4 nitrogen and oxygen atoms in total. The fourth-order valence-electron chi connectivity index (χ4n) is 1.94. The van der Waals surface area contributed by atoms with Gasteiger partial charge in [-0.05, 0) is 17.7 Å². The van der Waals surface area contributed by atoms with Crippen LogP contribution in [0, 0.1) is 0 Å². The molecule has 1 aromatic carbocycles. The Bertz CT molecular complexity index is 689. The molecule has 4 heteroatoms. The maximum atomic E-state index is 10.4. The summed E-state index contributed by atoms with van der Waals surface area (Å²) in [5.41, 5.74) is 3.63. The maximum Gasteiger partial charge on any atom is 0.211 e. The SMILES string of the molecule is O=CNc1cnc2[nH]c(-c3ccccc3)cc2c1. The zero-order valence-corrected chi connectivity index (χ0v) is 9.55. The Kier molecular flexibility index (Phi) is 2.53. The number of amides is 1. The van der Waals surface area contributed by atoms with Gasteiger partial charge in [-0.2, -0.15) is 0 Å². The van der Waals surface area contributed by atoms with Gasteiger partial charge in [0.1, 0.15) is 5.65 Å². The summed E-state index contributed by atoms with van der Waals surface area (Å²) in [6.07, 6.45) is 2.27. The molecule has 2 heterocycles. The molecule has 88 valence electrons. The van der Waals surface area contributed by atoms with Crippen molar-refractivity contribution in [1.82, 2.24) is 9.97 Å². The molecule has 3 aromatic rings. The summed E-state index contributed by atoms with van der Waals surface area (Å²) in [6, 6.07) is 14.0. The second-order valence-corrected chi connectivity index (χ2v) is 3.97. The summed E-state index contributed by atoms with van der Waals surface area (Å²) in [5, 5.41) is 3.56. The molecule has 0 saturated heterocycles. The van der Waals surface area contributed by atoms with Gasteiger partial charge < -0.3 is 10.3 Å². The summed E-state index contributed by atoms with van der Waals surface area (Å²) in [5.74, 6) is 0. The highest BCUT2D eigenvalue weighted by Crippen LogP contribution is 2.24. The number of benzene rings is 1. The monoisotopic (exact) mass is 237 g/mol. The standard InChI is InChI=1S/C14H11N3O/c18-9-16-12-6-11-7-13(17-14(11)15-8-12)10-4-2-1-3-5-10/h1-9H,(H,15,17)(H,16,18). The van der Waals surface area contributed by atoms with Gasteiger partial charge in [-0.1, -0.05) is 30.3 Å². The number of fused-ring (bicyclic) bond motifs is 1. The molecule has 0 aliphatic carbocycles. The lowest BCUT2D eigenvalue weighted by Crippen LogP contribution is -1.93. The fraction of sp³-hybridized carbons (Fsp3) is 0. The van der Waals surface area contributed by atoms with Crippen molar-refractivity contribution in [3.63, 3.8) is 0 Å². The van der Waals surface area contributed by atoms with E-state index >= 15 is 0 Å². The van der Waals surface area contributed by atoms with E-state index in [9.17, 15) is 4.79 Å². The number of anilines is 1. The van der Waals surface area contributed by atoms with Gasteiger partial charge in [0, 0.05) is 11.1 Å². The summed E-state index contributed by atoms with van der Waals surface area (Å²) in [4.78, 5) is 17.9. The number of H-pyrrole nitrogens is 1. The van der Waals surface area contributed by atoms with Crippen molar-refractivity contribution in [2.75, 3.05) is 5.32 Å². The zero-order chi connectivity index (χ0) is 12.4. The first-order chi connectivity index (χ1) is 8.86. The Morgan fingerprint density at radius 2 is 2.00 bits per heavy atom. The molecular weight excluding hydrogens is 226 g/mol. The first-order valence-electron chi connectivity index (χ1n) is 5.61. The molecule has 0 radical (unpaired) electrons. The smallest absolute Gasteiger partial charge is 0.211 e. The van der Waals surface area contributed by atoms with Crippen molar-refractivity contribution in [2.24, 2.45) is 0 Å². The van der Waals surface area contributed by atoms with Crippen molar-refractivity contribution in [1.29, 1.82) is 0 Å². The fourth-order valence-corrected chi connectivity index (χ4v) is 1.94. The number of nitrogens with zero attached hydrogens (tertiary/aromatic N) is 1. The van der Waals surface area contributed by atoms with Crippen LogP contribution in [0.3, 0.4) is 0 Å². The molecule has 0 spiro atoms. The number of carbonyl (C=O) groups excluding carboxylic acids is 1. The van der Waals surface area contributed by atoms with Crippen LogP contribution < -0.4 is 5.32 Å². The maximum absolute atomic E-state index is 10.4. The second-order valence-electron chi connectivity index (χ2n) is 3.97. The number of rotatable bonds is 3. The van der Waals surface area contributed by atoms with E-state index in [-0.39, 0.29) is 0 Å². The molecule has 18 heavy (non-hydrogen) atoms. The Balaban J connectivity index is 2.08. The van der Waals surface area contributed by atoms with E-state index in [0.717, 1.165) is 22.3 Å². The van der Waals surface area contributed by atoms with Gasteiger partial charge in [0.15, 0.2) is 0 Å². The van der Waals surface area contributed by atoms with Crippen LogP contribution in [0.4, 0.5) is 5.69 Å². The highest BCUT2D eigenvalue weighted by atomic mass is 16.1. The molecule has 1 amide bonds. The predicted molar refractivity (Wildman–Crippen MR) is 71.2 cm³/mol. The zero-order valence-electron chi connectivity index (χ0n) is 9.55. The van der Waals surface area contributed by atoms with Gasteiger partial charge in [0.25, 0.3) is 0 Å². The van der Waals surface area contributed by atoms with Gasteiger partial charge in [0.2, 0.25) is 6.41 Å². The lowest BCUT2D eigenvalue weighted by molar-refractivity contribution is -0.105.